The molecule has 1 aliphatic carbocycles. The van der Waals surface area contributed by atoms with Crippen LogP contribution in [0.3, 0.4) is 0 Å². The average Bonchev–Trinajstić information content (AvgIpc) is 2.89. The van der Waals surface area contributed by atoms with Gasteiger partial charge in [0.15, 0.2) is 0 Å². The van der Waals surface area contributed by atoms with E-state index in [1.165, 1.54) is 19.3 Å². The summed E-state index contributed by atoms with van der Waals surface area (Å²) in [5.41, 5.74) is 2.18. The number of carbonyl (C=O) groups is 3. The van der Waals surface area contributed by atoms with Crippen molar-refractivity contribution in [1.82, 2.24) is 15.5 Å². The molecule has 1 aromatic carbocycles. The van der Waals surface area contributed by atoms with E-state index in [0.29, 0.717) is 6.54 Å². The third kappa shape index (κ3) is 11.0. The predicted molar refractivity (Wildman–Crippen MR) is 166 cm³/mol. The zero-order valence-electron chi connectivity index (χ0n) is 25.7. The number of hydrogen-bond donors (Lipinski definition) is 3. The molecule has 8 heteroatoms. The van der Waals surface area contributed by atoms with Gasteiger partial charge in [-0.05, 0) is 70.6 Å². The Kier molecular flexibility index (Phi) is 14.4. The van der Waals surface area contributed by atoms with Crippen LogP contribution in [-0.2, 0) is 14.3 Å². The number of carbonyl (C=O) groups excluding carboxylic acids is 3. The molecule has 1 fully saturated rings. The lowest BCUT2D eigenvalue weighted by molar-refractivity contribution is -0.142. The van der Waals surface area contributed by atoms with Crippen LogP contribution in [0.15, 0.2) is 18.2 Å². The standard InChI is InChI=1S/C32H53N3O4S/c1-7-8-9-10-11-15-21-35(30(37)27(22-40)34-31(38)39-32(4,5)6)28(26-20-16-17-23(2)24(26)3)29(36)33-25-18-13-12-14-19-25/h16-17,20,25,27-28,40H,7-15,18-19,21-22H2,1-6H3,(H,33,36)(H,34,38). The maximum absolute atomic E-state index is 14.2. The Morgan fingerprint density at radius 3 is 2.30 bits per heavy atom. The van der Waals surface area contributed by atoms with Crippen LogP contribution >= 0.6 is 12.6 Å². The minimum Gasteiger partial charge on any atom is -0.444 e. The van der Waals surface area contributed by atoms with Crippen molar-refractivity contribution in [3.8, 4) is 0 Å². The van der Waals surface area contributed by atoms with E-state index in [1.54, 1.807) is 25.7 Å². The fourth-order valence-corrected chi connectivity index (χ4v) is 5.56. The zero-order valence-corrected chi connectivity index (χ0v) is 26.6. The van der Waals surface area contributed by atoms with Gasteiger partial charge in [-0.3, -0.25) is 9.59 Å². The van der Waals surface area contributed by atoms with Gasteiger partial charge < -0.3 is 20.3 Å². The summed E-state index contributed by atoms with van der Waals surface area (Å²) in [6, 6.07) is 4.31. The summed E-state index contributed by atoms with van der Waals surface area (Å²) in [6.07, 6.45) is 11.0. The second-order valence-corrected chi connectivity index (χ2v) is 12.6. The Bertz CT molecular complexity index is 956. The Hall–Kier alpha value is -2.22. The van der Waals surface area contributed by atoms with Gasteiger partial charge in [0.05, 0.1) is 0 Å². The van der Waals surface area contributed by atoms with Crippen LogP contribution in [0.5, 0.6) is 0 Å². The van der Waals surface area contributed by atoms with Crippen LogP contribution < -0.4 is 10.6 Å². The highest BCUT2D eigenvalue weighted by atomic mass is 32.1. The maximum Gasteiger partial charge on any atom is 0.408 e. The number of unbranched alkanes of at least 4 members (excludes halogenated alkanes) is 5. The van der Waals surface area contributed by atoms with Crippen molar-refractivity contribution in [1.29, 1.82) is 0 Å². The molecule has 0 heterocycles. The highest BCUT2D eigenvalue weighted by Crippen LogP contribution is 2.29. The van der Waals surface area contributed by atoms with Crippen molar-refractivity contribution in [2.75, 3.05) is 12.3 Å². The molecular formula is C32H53N3O4S. The SMILES string of the molecule is CCCCCCCCN(C(=O)C(CS)NC(=O)OC(C)(C)C)C(C(=O)NC1CCCCC1)c1cccc(C)c1C. The number of ether oxygens (including phenoxy) is 1. The smallest absolute Gasteiger partial charge is 0.408 e. The average molecular weight is 576 g/mol. The van der Waals surface area contributed by atoms with Crippen molar-refractivity contribution < 1.29 is 19.1 Å². The van der Waals surface area contributed by atoms with Crippen LogP contribution in [0.1, 0.15) is 121 Å². The molecule has 40 heavy (non-hydrogen) atoms. The summed E-state index contributed by atoms with van der Waals surface area (Å²) in [4.78, 5) is 42.6. The van der Waals surface area contributed by atoms with Crippen molar-refractivity contribution in [2.45, 2.75) is 136 Å². The molecule has 1 saturated carbocycles. The number of hydrogen-bond acceptors (Lipinski definition) is 5. The molecule has 1 aliphatic rings. The molecule has 226 valence electrons. The number of nitrogens with zero attached hydrogens (tertiary/aromatic N) is 1. The van der Waals surface area contributed by atoms with E-state index in [9.17, 15) is 14.4 Å². The van der Waals surface area contributed by atoms with E-state index in [4.69, 9.17) is 4.74 Å². The Morgan fingerprint density at radius 2 is 1.68 bits per heavy atom. The Labute approximate surface area is 248 Å². The molecule has 0 saturated heterocycles. The minimum atomic E-state index is -0.923. The number of amides is 3. The molecule has 7 nitrogen and oxygen atoms in total. The molecular weight excluding hydrogens is 522 g/mol. The molecule has 3 amide bonds. The number of aryl methyl sites for hydroxylation is 1. The maximum atomic E-state index is 14.2. The van der Waals surface area contributed by atoms with Crippen molar-refractivity contribution in [3.63, 3.8) is 0 Å². The molecule has 1 aromatic rings. The quantitative estimate of drug-likeness (QED) is 0.168. The highest BCUT2D eigenvalue weighted by Gasteiger charge is 2.37. The molecule has 2 atom stereocenters. The van der Waals surface area contributed by atoms with Crippen LogP contribution in [0.25, 0.3) is 0 Å². The first-order valence-electron chi connectivity index (χ1n) is 15.3. The highest BCUT2D eigenvalue weighted by molar-refractivity contribution is 7.80. The van der Waals surface area contributed by atoms with Crippen molar-refractivity contribution in [3.05, 3.63) is 34.9 Å². The van der Waals surface area contributed by atoms with Gasteiger partial charge >= 0.3 is 6.09 Å². The molecule has 0 aromatic heterocycles. The van der Waals surface area contributed by atoms with E-state index in [1.807, 2.05) is 32.0 Å². The van der Waals surface area contributed by atoms with E-state index in [2.05, 4.69) is 30.2 Å². The third-order valence-electron chi connectivity index (χ3n) is 7.66. The van der Waals surface area contributed by atoms with Gasteiger partial charge in [-0.1, -0.05) is 76.5 Å². The lowest BCUT2D eigenvalue weighted by atomic mass is 9.92. The normalized spacial score (nSPS) is 15.7. The van der Waals surface area contributed by atoms with E-state index >= 15 is 0 Å². The van der Waals surface area contributed by atoms with Gasteiger partial charge in [0.25, 0.3) is 0 Å². The Balaban J connectivity index is 2.42. The van der Waals surface area contributed by atoms with Gasteiger partial charge in [0.2, 0.25) is 11.8 Å². The van der Waals surface area contributed by atoms with Crippen LogP contribution in [0.4, 0.5) is 4.79 Å². The lowest BCUT2D eigenvalue weighted by Crippen LogP contribution is -2.54. The first-order valence-corrected chi connectivity index (χ1v) is 15.9. The number of thiol groups is 1. The van der Waals surface area contributed by atoms with Gasteiger partial charge in [-0.25, -0.2) is 4.79 Å². The summed E-state index contributed by atoms with van der Waals surface area (Å²) in [7, 11) is 0. The van der Waals surface area contributed by atoms with Crippen LogP contribution in [0, 0.1) is 13.8 Å². The Morgan fingerprint density at radius 1 is 1.02 bits per heavy atom. The number of alkyl carbamates (subject to hydrolysis) is 1. The van der Waals surface area contributed by atoms with Gasteiger partial charge in [-0.15, -0.1) is 0 Å². The lowest BCUT2D eigenvalue weighted by Gasteiger charge is -2.36. The largest absolute Gasteiger partial charge is 0.444 e. The first kappa shape index (κ1) is 34.0. The summed E-state index contributed by atoms with van der Waals surface area (Å²) in [6.45, 7) is 12.0. The molecule has 2 N–H and O–H groups in total. The van der Waals surface area contributed by atoms with Crippen molar-refractivity contribution >= 4 is 30.5 Å². The van der Waals surface area contributed by atoms with Crippen molar-refractivity contribution in [2.24, 2.45) is 0 Å². The fourth-order valence-electron chi connectivity index (χ4n) is 5.31. The third-order valence-corrected chi connectivity index (χ3v) is 8.03. The van der Waals surface area contributed by atoms with Gasteiger partial charge in [0, 0.05) is 18.3 Å². The van der Waals surface area contributed by atoms with Crippen LogP contribution in [-0.4, -0.2) is 52.8 Å². The number of rotatable bonds is 14. The second kappa shape index (κ2) is 16.9. The minimum absolute atomic E-state index is 0.0921. The molecule has 2 unspecified atom stereocenters. The zero-order chi connectivity index (χ0) is 29.7. The first-order chi connectivity index (χ1) is 19.0. The van der Waals surface area contributed by atoms with E-state index in [-0.39, 0.29) is 23.6 Å². The summed E-state index contributed by atoms with van der Waals surface area (Å²) in [5, 5.41) is 6.00. The molecule has 0 bridgehead atoms. The number of nitrogens with one attached hydrogen (secondary N) is 2. The second-order valence-electron chi connectivity index (χ2n) is 12.2. The monoisotopic (exact) mass is 575 g/mol. The fraction of sp³-hybridized carbons (Fsp3) is 0.719. The van der Waals surface area contributed by atoms with Gasteiger partial charge in [0.1, 0.15) is 17.7 Å². The summed E-state index contributed by atoms with van der Waals surface area (Å²) in [5.74, 6) is -0.385. The summed E-state index contributed by atoms with van der Waals surface area (Å²) >= 11 is 4.42. The molecule has 0 aliphatic heterocycles. The number of benzene rings is 1. The van der Waals surface area contributed by atoms with Crippen LogP contribution in [0.2, 0.25) is 0 Å². The van der Waals surface area contributed by atoms with Gasteiger partial charge in [-0.2, -0.15) is 12.6 Å². The molecule has 0 spiro atoms. The topological polar surface area (TPSA) is 87.7 Å². The molecule has 0 radical (unpaired) electrons. The van der Waals surface area contributed by atoms with E-state index in [0.717, 1.165) is 68.1 Å². The predicted octanol–water partition coefficient (Wildman–Crippen LogP) is 6.81. The summed E-state index contributed by atoms with van der Waals surface area (Å²) < 4.78 is 5.43. The molecule has 2 rings (SSSR count). The van der Waals surface area contributed by atoms with E-state index < -0.39 is 23.8 Å².